The van der Waals surface area contributed by atoms with Crippen LogP contribution in [0.2, 0.25) is 0 Å². The van der Waals surface area contributed by atoms with Gasteiger partial charge in [-0.25, -0.2) is 4.79 Å². The summed E-state index contributed by atoms with van der Waals surface area (Å²) in [7, 11) is 0. The van der Waals surface area contributed by atoms with Crippen LogP contribution in [0.25, 0.3) is 0 Å². The van der Waals surface area contributed by atoms with E-state index < -0.39 is 23.3 Å². The quantitative estimate of drug-likeness (QED) is 0.751. The first-order valence-electron chi connectivity index (χ1n) is 6.52. The Morgan fingerprint density at radius 1 is 1.29 bits per heavy atom. The maximum Gasteiger partial charge on any atom is 0.321 e. The topological polar surface area (TPSA) is 95.5 Å². The smallest absolute Gasteiger partial charge is 0.321 e. The molecule has 0 saturated carbocycles. The second-order valence-corrected chi connectivity index (χ2v) is 6.67. The van der Waals surface area contributed by atoms with Gasteiger partial charge in [0.15, 0.2) is 0 Å². The van der Waals surface area contributed by atoms with Crippen molar-refractivity contribution in [1.82, 2.24) is 10.6 Å². The average Bonchev–Trinajstić information content (AvgIpc) is 2.69. The zero-order valence-corrected chi connectivity index (χ0v) is 13.2. The first-order valence-corrected chi connectivity index (χ1v) is 7.40. The normalized spacial score (nSPS) is 11.0. The van der Waals surface area contributed by atoms with Crippen LogP contribution in [-0.2, 0) is 16.1 Å². The van der Waals surface area contributed by atoms with E-state index in [9.17, 15) is 14.4 Å². The van der Waals surface area contributed by atoms with Crippen LogP contribution in [0.15, 0.2) is 11.4 Å². The van der Waals surface area contributed by atoms with E-state index >= 15 is 0 Å². The molecule has 0 saturated heterocycles. The number of thiophene rings is 1. The molecular weight excluding hydrogens is 292 g/mol. The molecule has 1 rings (SSSR count). The Kier molecular flexibility index (Phi) is 5.90. The van der Waals surface area contributed by atoms with Gasteiger partial charge in [0.25, 0.3) is 0 Å². The molecule has 116 valence electrons. The maximum absolute atomic E-state index is 11.7. The lowest BCUT2D eigenvalue weighted by atomic mass is 9.85. The number of carbonyl (C=O) groups is 3. The van der Waals surface area contributed by atoms with Gasteiger partial charge in [0, 0.05) is 11.3 Å². The van der Waals surface area contributed by atoms with Gasteiger partial charge in [0.05, 0.1) is 13.0 Å². The number of imide groups is 1. The molecule has 7 heteroatoms. The lowest BCUT2D eigenvalue weighted by Crippen LogP contribution is -2.40. The molecule has 0 aliphatic rings. The number of hydrogen-bond acceptors (Lipinski definition) is 4. The van der Waals surface area contributed by atoms with Gasteiger partial charge in [-0.05, 0) is 29.3 Å². The van der Waals surface area contributed by atoms with Gasteiger partial charge in [-0.15, -0.1) is 11.3 Å². The number of nitrogens with one attached hydrogen (secondary N) is 2. The molecule has 0 unspecified atom stereocenters. The monoisotopic (exact) mass is 312 g/mol. The van der Waals surface area contributed by atoms with E-state index in [0.29, 0.717) is 6.54 Å². The van der Waals surface area contributed by atoms with Crippen molar-refractivity contribution in [2.45, 2.75) is 40.2 Å². The molecule has 1 aromatic heterocycles. The molecule has 0 spiro atoms. The van der Waals surface area contributed by atoms with E-state index in [1.807, 2.05) is 18.4 Å². The molecular formula is C14H20N2O4S. The van der Waals surface area contributed by atoms with Gasteiger partial charge in [0.2, 0.25) is 5.91 Å². The molecule has 0 aromatic carbocycles. The third-order valence-electron chi connectivity index (χ3n) is 2.90. The predicted molar refractivity (Wildman–Crippen MR) is 80.1 cm³/mol. The summed E-state index contributed by atoms with van der Waals surface area (Å²) in [6.45, 7) is 5.66. The summed E-state index contributed by atoms with van der Waals surface area (Å²) in [4.78, 5) is 35.0. The van der Waals surface area contributed by atoms with Gasteiger partial charge in [-0.1, -0.05) is 13.8 Å². The Bertz CT molecular complexity index is 537. The molecule has 1 aromatic rings. The molecule has 0 radical (unpaired) electrons. The molecule has 0 atom stereocenters. The van der Waals surface area contributed by atoms with Crippen LogP contribution in [-0.4, -0.2) is 23.0 Å². The molecule has 1 heterocycles. The zero-order chi connectivity index (χ0) is 16.0. The van der Waals surface area contributed by atoms with Crippen LogP contribution in [0.4, 0.5) is 4.79 Å². The van der Waals surface area contributed by atoms with Crippen molar-refractivity contribution < 1.29 is 19.5 Å². The van der Waals surface area contributed by atoms with Crippen LogP contribution in [0.1, 0.15) is 37.1 Å². The minimum atomic E-state index is -0.967. The van der Waals surface area contributed by atoms with Crippen molar-refractivity contribution in [2.75, 3.05) is 0 Å². The highest BCUT2D eigenvalue weighted by Crippen LogP contribution is 2.24. The number of aliphatic carboxylic acids is 1. The lowest BCUT2D eigenvalue weighted by molar-refractivity contribution is -0.139. The average molecular weight is 312 g/mol. The van der Waals surface area contributed by atoms with Crippen LogP contribution < -0.4 is 10.6 Å². The van der Waals surface area contributed by atoms with Gasteiger partial charge < -0.3 is 10.4 Å². The first-order chi connectivity index (χ1) is 9.69. The van der Waals surface area contributed by atoms with E-state index in [-0.39, 0.29) is 12.8 Å². The van der Waals surface area contributed by atoms with Crippen molar-refractivity contribution in [3.63, 3.8) is 0 Å². The summed E-state index contributed by atoms with van der Waals surface area (Å²) in [6.07, 6.45) is -0.152. The second kappa shape index (κ2) is 7.21. The third-order valence-corrected chi connectivity index (χ3v) is 3.92. The van der Waals surface area contributed by atoms with Crippen LogP contribution in [0, 0.1) is 12.3 Å². The number of carbonyl (C=O) groups excluding carboxylic acids is 2. The fourth-order valence-electron chi connectivity index (χ4n) is 1.87. The highest BCUT2D eigenvalue weighted by molar-refractivity contribution is 7.10. The lowest BCUT2D eigenvalue weighted by Gasteiger charge is -2.21. The Morgan fingerprint density at radius 3 is 2.48 bits per heavy atom. The maximum atomic E-state index is 11.7. The Hall–Kier alpha value is -1.89. The summed E-state index contributed by atoms with van der Waals surface area (Å²) in [5.74, 6) is -1.45. The van der Waals surface area contributed by atoms with Crippen LogP contribution in [0.5, 0.6) is 0 Å². The number of carboxylic acid groups (broad SMARTS) is 1. The molecule has 3 N–H and O–H groups in total. The molecule has 3 amide bonds. The SMILES string of the molecule is Cc1ccsc1CNC(=O)NC(=O)CC(C)(C)CC(=O)O. The van der Waals surface area contributed by atoms with Gasteiger partial charge >= 0.3 is 12.0 Å². The molecule has 21 heavy (non-hydrogen) atoms. The first kappa shape index (κ1) is 17.2. The minimum Gasteiger partial charge on any atom is -0.481 e. The van der Waals surface area contributed by atoms with Crippen molar-refractivity contribution in [3.8, 4) is 0 Å². The standard InChI is InChI=1S/C14H20N2O4S/c1-9-4-5-21-10(9)8-15-13(20)16-11(17)6-14(2,3)7-12(18)19/h4-5H,6-8H2,1-3H3,(H,18,19)(H2,15,16,17,20). The number of carboxylic acids is 1. The zero-order valence-electron chi connectivity index (χ0n) is 12.4. The van der Waals surface area contributed by atoms with Crippen molar-refractivity contribution >= 4 is 29.2 Å². The van der Waals surface area contributed by atoms with Gasteiger partial charge in [-0.3, -0.25) is 14.9 Å². The third kappa shape index (κ3) is 6.40. The van der Waals surface area contributed by atoms with Gasteiger partial charge in [-0.2, -0.15) is 0 Å². The Morgan fingerprint density at radius 2 is 1.95 bits per heavy atom. The summed E-state index contributed by atoms with van der Waals surface area (Å²) >= 11 is 1.53. The van der Waals surface area contributed by atoms with E-state index in [2.05, 4.69) is 10.6 Å². The van der Waals surface area contributed by atoms with E-state index in [4.69, 9.17) is 5.11 Å². The fourth-order valence-corrected chi connectivity index (χ4v) is 2.71. The highest BCUT2D eigenvalue weighted by atomic mass is 32.1. The molecule has 0 fully saturated rings. The predicted octanol–water partition coefficient (Wildman–Crippen LogP) is 2.27. The Balaban J connectivity index is 2.39. The second-order valence-electron chi connectivity index (χ2n) is 5.67. The summed E-state index contributed by atoms with van der Waals surface area (Å²) in [6, 6.07) is 1.39. The van der Waals surface area contributed by atoms with Gasteiger partial charge in [0.1, 0.15) is 0 Å². The van der Waals surface area contributed by atoms with Crippen molar-refractivity contribution in [1.29, 1.82) is 0 Å². The van der Waals surface area contributed by atoms with E-state index in [1.54, 1.807) is 13.8 Å². The van der Waals surface area contributed by atoms with Crippen molar-refractivity contribution in [3.05, 3.63) is 21.9 Å². The molecule has 0 aliphatic carbocycles. The van der Waals surface area contributed by atoms with Crippen LogP contribution in [0.3, 0.4) is 0 Å². The van der Waals surface area contributed by atoms with E-state index in [0.717, 1.165) is 10.4 Å². The fraction of sp³-hybridized carbons (Fsp3) is 0.500. The summed E-state index contributed by atoms with van der Waals surface area (Å²) < 4.78 is 0. The number of amides is 3. The summed E-state index contributed by atoms with van der Waals surface area (Å²) in [5.41, 5.74) is 0.398. The molecule has 0 aliphatic heterocycles. The number of rotatable bonds is 6. The highest BCUT2D eigenvalue weighted by Gasteiger charge is 2.25. The minimum absolute atomic E-state index is 0.0231. The van der Waals surface area contributed by atoms with Crippen molar-refractivity contribution in [2.24, 2.45) is 5.41 Å². The van der Waals surface area contributed by atoms with E-state index in [1.165, 1.54) is 11.3 Å². The summed E-state index contributed by atoms with van der Waals surface area (Å²) in [5, 5.41) is 15.5. The molecule has 6 nitrogen and oxygen atoms in total. The number of urea groups is 1. The largest absolute Gasteiger partial charge is 0.481 e. The number of hydrogen-bond donors (Lipinski definition) is 3. The number of aryl methyl sites for hydroxylation is 1. The van der Waals surface area contributed by atoms with Crippen LogP contribution >= 0.6 is 11.3 Å². The molecule has 0 bridgehead atoms. The Labute approximate surface area is 127 Å².